The number of fused-ring (bicyclic) bond motifs is 2. The number of piperazine rings is 1. The van der Waals surface area contributed by atoms with Crippen molar-refractivity contribution in [3.8, 4) is 5.88 Å². The van der Waals surface area contributed by atoms with E-state index in [1.54, 1.807) is 11.5 Å². The van der Waals surface area contributed by atoms with Gasteiger partial charge < -0.3 is 9.64 Å². The van der Waals surface area contributed by atoms with E-state index in [9.17, 15) is 0 Å². The van der Waals surface area contributed by atoms with Gasteiger partial charge in [0, 0.05) is 31.6 Å². The maximum absolute atomic E-state index is 6.53. The normalized spacial score (nSPS) is 16.1. The van der Waals surface area contributed by atoms with Crippen LogP contribution >= 0.6 is 11.5 Å². The van der Waals surface area contributed by atoms with Gasteiger partial charge in [-0.2, -0.15) is 9.36 Å². The first-order valence-corrected chi connectivity index (χ1v) is 11.7. The average Bonchev–Trinajstić information content (AvgIpc) is 3.23. The summed E-state index contributed by atoms with van der Waals surface area (Å²) in [5.74, 6) is 2.55. The number of ether oxygens (including phenoxy) is 1. The van der Waals surface area contributed by atoms with Crippen LogP contribution in [0.4, 0.5) is 5.82 Å². The summed E-state index contributed by atoms with van der Waals surface area (Å²) in [6, 6.07) is 16.6. The van der Waals surface area contributed by atoms with Crippen LogP contribution < -0.4 is 9.64 Å². The van der Waals surface area contributed by atoms with Crippen molar-refractivity contribution in [3.63, 3.8) is 0 Å². The number of nitrogens with zero attached hydrogens (tertiary/aromatic N) is 5. The number of para-hydroxylation sites is 1. The first kappa shape index (κ1) is 20.2. The molecule has 0 amide bonds. The van der Waals surface area contributed by atoms with E-state index in [1.807, 2.05) is 31.2 Å². The zero-order chi connectivity index (χ0) is 21.2. The van der Waals surface area contributed by atoms with Gasteiger partial charge in [-0.15, -0.1) is 0 Å². The predicted octanol–water partition coefficient (Wildman–Crippen LogP) is 4.88. The van der Waals surface area contributed by atoms with Crippen LogP contribution in [0.15, 0.2) is 48.5 Å². The van der Waals surface area contributed by atoms with Crippen LogP contribution in [-0.2, 0) is 0 Å². The van der Waals surface area contributed by atoms with E-state index in [0.29, 0.717) is 5.88 Å². The van der Waals surface area contributed by atoms with E-state index >= 15 is 0 Å². The van der Waals surface area contributed by atoms with Gasteiger partial charge >= 0.3 is 0 Å². The Morgan fingerprint density at radius 2 is 1.71 bits per heavy atom. The highest BCUT2D eigenvalue weighted by Crippen LogP contribution is 2.31. The quantitative estimate of drug-likeness (QED) is 0.432. The Hall–Kier alpha value is -2.77. The summed E-state index contributed by atoms with van der Waals surface area (Å²) in [6.07, 6.45) is 2.04. The number of hydrogen-bond donors (Lipinski definition) is 0. The third kappa shape index (κ3) is 4.07. The topological polar surface area (TPSA) is 54.4 Å². The van der Waals surface area contributed by atoms with E-state index in [-0.39, 0.29) is 6.23 Å². The Kier molecular flexibility index (Phi) is 5.70. The lowest BCUT2D eigenvalue weighted by Gasteiger charge is -2.39. The summed E-state index contributed by atoms with van der Waals surface area (Å²) in [4.78, 5) is 14.0. The largest absolute Gasteiger partial charge is 0.458 e. The van der Waals surface area contributed by atoms with Crippen molar-refractivity contribution in [1.29, 1.82) is 0 Å². The highest BCUT2D eigenvalue weighted by molar-refractivity contribution is 7.13. The second kappa shape index (κ2) is 8.77. The molecule has 0 radical (unpaired) electrons. The Bertz CT molecular complexity index is 1190. The fraction of sp³-hybridized carbons (Fsp3) is 0.375. The molecule has 1 unspecified atom stereocenters. The molecule has 0 bridgehead atoms. The summed E-state index contributed by atoms with van der Waals surface area (Å²) < 4.78 is 12.5. The van der Waals surface area contributed by atoms with Gasteiger partial charge in [0.25, 0.3) is 0 Å². The number of hydrogen-bond acceptors (Lipinski definition) is 7. The molecular weight excluding hydrogens is 406 g/mol. The van der Waals surface area contributed by atoms with Crippen LogP contribution in [0, 0.1) is 6.92 Å². The lowest BCUT2D eigenvalue weighted by Crippen LogP contribution is -2.52. The van der Waals surface area contributed by atoms with Gasteiger partial charge in [0.15, 0.2) is 6.23 Å². The van der Waals surface area contributed by atoms with E-state index in [4.69, 9.17) is 9.11 Å². The smallest absolute Gasteiger partial charge is 0.226 e. The molecule has 0 saturated carbocycles. The van der Waals surface area contributed by atoms with Crippen molar-refractivity contribution in [2.45, 2.75) is 32.9 Å². The molecule has 1 aliphatic heterocycles. The molecule has 1 aliphatic rings. The van der Waals surface area contributed by atoms with Crippen LogP contribution in [0.3, 0.4) is 0 Å². The van der Waals surface area contributed by atoms with Crippen molar-refractivity contribution < 1.29 is 4.74 Å². The second-order valence-electron chi connectivity index (χ2n) is 7.98. The van der Waals surface area contributed by atoms with Gasteiger partial charge in [-0.25, -0.2) is 4.98 Å². The summed E-state index contributed by atoms with van der Waals surface area (Å²) in [5, 5.41) is 2.23. The molecule has 2 aromatic heterocycles. The molecule has 3 heterocycles. The fourth-order valence-electron chi connectivity index (χ4n) is 4.26. The number of anilines is 1. The molecule has 0 spiro atoms. The van der Waals surface area contributed by atoms with Crippen LogP contribution in [0.1, 0.15) is 25.6 Å². The number of aryl methyl sites for hydroxylation is 1. The highest BCUT2D eigenvalue weighted by Gasteiger charge is 2.27. The number of benzene rings is 2. The Balaban J connectivity index is 1.33. The van der Waals surface area contributed by atoms with Crippen LogP contribution in [0.5, 0.6) is 5.88 Å². The summed E-state index contributed by atoms with van der Waals surface area (Å²) in [5.41, 5.74) is 0.931. The Morgan fingerprint density at radius 1 is 0.968 bits per heavy atom. The first-order valence-electron chi connectivity index (χ1n) is 11.0. The van der Waals surface area contributed by atoms with Crippen molar-refractivity contribution in [3.05, 3.63) is 54.4 Å². The minimum atomic E-state index is 0.0111. The van der Waals surface area contributed by atoms with Gasteiger partial charge in [0.1, 0.15) is 11.6 Å². The summed E-state index contributed by atoms with van der Waals surface area (Å²) >= 11 is 1.58. The molecule has 0 aliphatic carbocycles. The third-order valence-electron chi connectivity index (χ3n) is 5.84. The molecule has 31 heavy (non-hydrogen) atoms. The SMILES string of the molecule is CCCC(Oc1nc(C)nc2ccccc12)N1CCN(c2nsc3ccccc23)CC1. The number of aromatic nitrogens is 3. The predicted molar refractivity (Wildman–Crippen MR) is 127 cm³/mol. The molecule has 2 aromatic carbocycles. The molecule has 7 heteroatoms. The minimum Gasteiger partial charge on any atom is -0.458 e. The average molecular weight is 434 g/mol. The van der Waals surface area contributed by atoms with Crippen molar-refractivity contribution in [1.82, 2.24) is 19.2 Å². The molecule has 6 nitrogen and oxygen atoms in total. The molecular formula is C24H27N5OS. The van der Waals surface area contributed by atoms with E-state index < -0.39 is 0 Å². The van der Waals surface area contributed by atoms with Gasteiger partial charge in [-0.1, -0.05) is 37.6 Å². The third-order valence-corrected chi connectivity index (χ3v) is 6.66. The summed E-state index contributed by atoms with van der Waals surface area (Å²) in [7, 11) is 0. The Morgan fingerprint density at radius 3 is 2.52 bits per heavy atom. The lowest BCUT2D eigenvalue weighted by atomic mass is 10.2. The van der Waals surface area contributed by atoms with Gasteiger partial charge in [0.2, 0.25) is 5.88 Å². The van der Waals surface area contributed by atoms with Gasteiger partial charge in [-0.3, -0.25) is 4.90 Å². The fourth-order valence-corrected chi connectivity index (χ4v) is 5.06. The van der Waals surface area contributed by atoms with Crippen molar-refractivity contribution in [2.24, 2.45) is 0 Å². The van der Waals surface area contributed by atoms with Crippen LogP contribution in [-0.4, -0.2) is 51.6 Å². The van der Waals surface area contributed by atoms with E-state index in [0.717, 1.165) is 61.6 Å². The Labute approximate surface area is 186 Å². The van der Waals surface area contributed by atoms with Crippen LogP contribution in [0.2, 0.25) is 0 Å². The minimum absolute atomic E-state index is 0.0111. The molecule has 5 rings (SSSR count). The number of rotatable bonds is 6. The van der Waals surface area contributed by atoms with Crippen molar-refractivity contribution >= 4 is 38.3 Å². The first-order chi connectivity index (χ1) is 15.2. The monoisotopic (exact) mass is 433 g/mol. The molecule has 1 atom stereocenters. The molecule has 4 aromatic rings. The zero-order valence-corrected chi connectivity index (χ0v) is 18.8. The standard InChI is InChI=1S/C24H27N5OS/c1-3-8-22(30-24-18-9-4-6-11-20(18)25-17(2)26-24)28-13-15-29(16-14-28)23-19-10-5-7-12-21(19)31-27-23/h4-7,9-12,22H,3,8,13-16H2,1-2H3. The van der Waals surface area contributed by atoms with Crippen LogP contribution in [0.25, 0.3) is 21.0 Å². The molecule has 160 valence electrons. The van der Waals surface area contributed by atoms with Gasteiger partial charge in [-0.05, 0) is 49.1 Å². The molecule has 1 saturated heterocycles. The maximum Gasteiger partial charge on any atom is 0.226 e. The highest BCUT2D eigenvalue weighted by atomic mass is 32.1. The van der Waals surface area contributed by atoms with E-state index in [2.05, 4.69) is 51.0 Å². The zero-order valence-electron chi connectivity index (χ0n) is 18.0. The summed E-state index contributed by atoms with van der Waals surface area (Å²) in [6.45, 7) is 7.90. The molecule has 1 fully saturated rings. The van der Waals surface area contributed by atoms with E-state index in [1.165, 1.54) is 10.1 Å². The molecule has 0 N–H and O–H groups in total. The maximum atomic E-state index is 6.53. The lowest BCUT2D eigenvalue weighted by molar-refractivity contribution is 0.0123. The van der Waals surface area contributed by atoms with Crippen molar-refractivity contribution in [2.75, 3.05) is 31.1 Å². The van der Waals surface area contributed by atoms with Gasteiger partial charge in [0.05, 0.1) is 15.6 Å². The second-order valence-corrected chi connectivity index (χ2v) is 8.78.